The molecule has 3 rings (SSSR count). The van der Waals surface area contributed by atoms with Crippen LogP contribution in [0.3, 0.4) is 0 Å². The molecule has 0 saturated carbocycles. The summed E-state index contributed by atoms with van der Waals surface area (Å²) in [6, 6.07) is 10.9. The summed E-state index contributed by atoms with van der Waals surface area (Å²) >= 11 is 0. The number of carbonyl (C=O) groups excluding carboxylic acids is 1. The number of nitrogens with zero attached hydrogens (tertiary/aromatic N) is 4. The van der Waals surface area contributed by atoms with Gasteiger partial charge in [-0.3, -0.25) is 9.48 Å². The highest BCUT2D eigenvalue weighted by Crippen LogP contribution is 2.16. The molecule has 0 saturated heterocycles. The van der Waals surface area contributed by atoms with Crippen LogP contribution in [-0.2, 0) is 7.05 Å². The summed E-state index contributed by atoms with van der Waals surface area (Å²) < 4.78 is 1.64. The van der Waals surface area contributed by atoms with E-state index >= 15 is 0 Å². The maximum atomic E-state index is 12.3. The number of rotatable bonds is 4. The number of anilines is 3. The Balaban J connectivity index is 1.71. The van der Waals surface area contributed by atoms with Crippen LogP contribution in [0.5, 0.6) is 0 Å². The predicted octanol–water partition coefficient (Wildman–Crippen LogP) is 3.13. The average molecular weight is 336 g/mol. The van der Waals surface area contributed by atoms with Crippen molar-refractivity contribution in [1.82, 2.24) is 19.7 Å². The molecular formula is C18H20N6O. The lowest BCUT2D eigenvalue weighted by Gasteiger charge is -2.08. The van der Waals surface area contributed by atoms with E-state index in [1.807, 2.05) is 45.0 Å². The Hall–Kier alpha value is -3.22. The van der Waals surface area contributed by atoms with E-state index in [1.165, 1.54) is 0 Å². The number of aromatic nitrogens is 4. The molecule has 0 bridgehead atoms. The molecule has 0 aliphatic rings. The van der Waals surface area contributed by atoms with Gasteiger partial charge >= 0.3 is 0 Å². The minimum absolute atomic E-state index is 0.183. The van der Waals surface area contributed by atoms with Gasteiger partial charge in [0.1, 0.15) is 5.82 Å². The van der Waals surface area contributed by atoms with Gasteiger partial charge in [0.15, 0.2) is 0 Å². The Bertz CT molecular complexity index is 894. The zero-order chi connectivity index (χ0) is 18.0. The minimum atomic E-state index is -0.183. The molecule has 0 radical (unpaired) electrons. The fourth-order valence-electron chi connectivity index (χ4n) is 2.53. The SMILES string of the molecule is Cc1cc(C)nc(Nc2ccc(C(=O)Nc3cc(C)nn3C)cc2)n1. The van der Waals surface area contributed by atoms with Crippen LogP contribution >= 0.6 is 0 Å². The van der Waals surface area contributed by atoms with Crippen LogP contribution in [0.4, 0.5) is 17.5 Å². The van der Waals surface area contributed by atoms with Crippen LogP contribution in [0.15, 0.2) is 36.4 Å². The number of amides is 1. The fourth-order valence-corrected chi connectivity index (χ4v) is 2.53. The third kappa shape index (κ3) is 4.00. The molecule has 7 heteroatoms. The first kappa shape index (κ1) is 16.6. The van der Waals surface area contributed by atoms with Gasteiger partial charge in [-0.25, -0.2) is 9.97 Å². The zero-order valence-electron chi connectivity index (χ0n) is 14.7. The molecule has 1 aromatic carbocycles. The number of hydrogen-bond donors (Lipinski definition) is 2. The normalized spacial score (nSPS) is 10.6. The molecule has 0 aliphatic carbocycles. The second-order valence-electron chi connectivity index (χ2n) is 5.93. The van der Waals surface area contributed by atoms with Crippen molar-refractivity contribution in [1.29, 1.82) is 0 Å². The lowest BCUT2D eigenvalue weighted by atomic mass is 10.2. The van der Waals surface area contributed by atoms with Crippen LogP contribution in [0, 0.1) is 20.8 Å². The summed E-state index contributed by atoms with van der Waals surface area (Å²) in [5, 5.41) is 10.2. The highest BCUT2D eigenvalue weighted by molar-refractivity contribution is 6.04. The van der Waals surface area contributed by atoms with Gasteiger partial charge in [0, 0.05) is 35.8 Å². The third-order valence-corrected chi connectivity index (χ3v) is 3.63. The molecule has 1 amide bonds. The maximum absolute atomic E-state index is 12.3. The number of nitrogens with one attached hydrogen (secondary N) is 2. The van der Waals surface area contributed by atoms with Gasteiger partial charge in [0.25, 0.3) is 5.91 Å². The molecule has 2 N–H and O–H groups in total. The summed E-state index contributed by atoms with van der Waals surface area (Å²) in [6.07, 6.45) is 0. The van der Waals surface area contributed by atoms with Crippen molar-refractivity contribution in [3.8, 4) is 0 Å². The van der Waals surface area contributed by atoms with Crippen molar-refractivity contribution < 1.29 is 4.79 Å². The zero-order valence-corrected chi connectivity index (χ0v) is 14.7. The van der Waals surface area contributed by atoms with Crippen LogP contribution < -0.4 is 10.6 Å². The van der Waals surface area contributed by atoms with E-state index in [0.29, 0.717) is 17.3 Å². The molecule has 0 unspecified atom stereocenters. The first-order chi connectivity index (χ1) is 11.9. The number of hydrogen-bond acceptors (Lipinski definition) is 5. The van der Waals surface area contributed by atoms with Gasteiger partial charge in [-0.15, -0.1) is 0 Å². The molecule has 0 fully saturated rings. The molecule has 7 nitrogen and oxygen atoms in total. The van der Waals surface area contributed by atoms with Crippen molar-refractivity contribution in [2.75, 3.05) is 10.6 Å². The molecule has 128 valence electrons. The lowest BCUT2D eigenvalue weighted by molar-refractivity contribution is 0.102. The Kier molecular flexibility index (Phi) is 4.47. The molecule has 25 heavy (non-hydrogen) atoms. The average Bonchev–Trinajstić information content (AvgIpc) is 2.84. The number of carbonyl (C=O) groups is 1. The highest BCUT2D eigenvalue weighted by atomic mass is 16.1. The van der Waals surface area contributed by atoms with E-state index in [-0.39, 0.29) is 5.91 Å². The topological polar surface area (TPSA) is 84.7 Å². The van der Waals surface area contributed by atoms with Crippen molar-refractivity contribution in [3.63, 3.8) is 0 Å². The van der Waals surface area contributed by atoms with Crippen molar-refractivity contribution >= 4 is 23.4 Å². The van der Waals surface area contributed by atoms with Gasteiger partial charge in [-0.1, -0.05) is 0 Å². The molecule has 2 aromatic heterocycles. The first-order valence-electron chi connectivity index (χ1n) is 7.92. The Labute approximate surface area is 146 Å². The molecule has 3 aromatic rings. The van der Waals surface area contributed by atoms with E-state index in [1.54, 1.807) is 23.9 Å². The van der Waals surface area contributed by atoms with Crippen LogP contribution in [0.25, 0.3) is 0 Å². The van der Waals surface area contributed by atoms with Crippen LogP contribution in [0.2, 0.25) is 0 Å². The third-order valence-electron chi connectivity index (χ3n) is 3.63. The Morgan fingerprint density at radius 2 is 1.60 bits per heavy atom. The van der Waals surface area contributed by atoms with Crippen LogP contribution in [0.1, 0.15) is 27.4 Å². The van der Waals surface area contributed by atoms with Gasteiger partial charge in [0.05, 0.1) is 5.69 Å². The van der Waals surface area contributed by atoms with Gasteiger partial charge in [0.2, 0.25) is 5.95 Å². The molecular weight excluding hydrogens is 316 g/mol. The quantitative estimate of drug-likeness (QED) is 0.764. The predicted molar refractivity (Wildman–Crippen MR) is 97.1 cm³/mol. The van der Waals surface area contributed by atoms with E-state index in [4.69, 9.17) is 0 Å². The first-order valence-corrected chi connectivity index (χ1v) is 7.92. The number of benzene rings is 1. The molecule has 0 aliphatic heterocycles. The van der Waals surface area contributed by atoms with Gasteiger partial charge in [-0.2, -0.15) is 5.10 Å². The van der Waals surface area contributed by atoms with Gasteiger partial charge < -0.3 is 10.6 Å². The van der Waals surface area contributed by atoms with E-state index < -0.39 is 0 Å². The summed E-state index contributed by atoms with van der Waals surface area (Å²) in [5.74, 6) is 1.02. The summed E-state index contributed by atoms with van der Waals surface area (Å²) in [5.41, 5.74) is 4.03. The van der Waals surface area contributed by atoms with E-state index in [2.05, 4.69) is 25.7 Å². The molecule has 0 atom stereocenters. The highest BCUT2D eigenvalue weighted by Gasteiger charge is 2.10. The maximum Gasteiger partial charge on any atom is 0.256 e. The van der Waals surface area contributed by atoms with Crippen LogP contribution in [-0.4, -0.2) is 25.7 Å². The molecule has 0 spiro atoms. The summed E-state index contributed by atoms with van der Waals surface area (Å²) in [7, 11) is 1.79. The smallest absolute Gasteiger partial charge is 0.256 e. The monoisotopic (exact) mass is 336 g/mol. The summed E-state index contributed by atoms with van der Waals surface area (Å²) in [4.78, 5) is 21.0. The largest absolute Gasteiger partial charge is 0.324 e. The van der Waals surface area contributed by atoms with E-state index in [0.717, 1.165) is 22.8 Å². The Morgan fingerprint density at radius 1 is 0.960 bits per heavy atom. The second kappa shape index (κ2) is 6.72. The van der Waals surface area contributed by atoms with E-state index in [9.17, 15) is 4.79 Å². The van der Waals surface area contributed by atoms with Crippen molar-refractivity contribution in [2.45, 2.75) is 20.8 Å². The summed E-state index contributed by atoms with van der Waals surface area (Å²) in [6.45, 7) is 5.73. The number of aryl methyl sites for hydroxylation is 4. The van der Waals surface area contributed by atoms with Crippen molar-refractivity contribution in [2.24, 2.45) is 7.05 Å². The molecule has 2 heterocycles. The van der Waals surface area contributed by atoms with Crippen molar-refractivity contribution in [3.05, 3.63) is 59.0 Å². The standard InChI is InChI=1S/C18H20N6O/c1-11-9-12(2)20-18(19-11)21-15-7-5-14(6-8-15)17(25)22-16-10-13(3)23-24(16)4/h5-10H,1-4H3,(H,22,25)(H,19,20,21). The lowest BCUT2D eigenvalue weighted by Crippen LogP contribution is -2.14. The Morgan fingerprint density at radius 3 is 2.16 bits per heavy atom. The minimum Gasteiger partial charge on any atom is -0.324 e. The fraction of sp³-hybridized carbons (Fsp3) is 0.222. The van der Waals surface area contributed by atoms with Gasteiger partial charge in [-0.05, 0) is 51.1 Å². The second-order valence-corrected chi connectivity index (χ2v) is 5.93.